The van der Waals surface area contributed by atoms with Crippen LogP contribution in [0.3, 0.4) is 0 Å². The van der Waals surface area contributed by atoms with E-state index < -0.39 is 6.61 Å². The number of nitrogens with two attached hydrogens (primary N) is 1. The van der Waals surface area contributed by atoms with Gasteiger partial charge in [0.25, 0.3) is 0 Å². The summed E-state index contributed by atoms with van der Waals surface area (Å²) in [6, 6.07) is 3.71. The Morgan fingerprint density at radius 1 is 1.38 bits per heavy atom. The minimum atomic E-state index is -2.99. The molecular formula is C20H23ClF3N3O2. The summed E-state index contributed by atoms with van der Waals surface area (Å²) in [6.45, 7) is -0.611. The number of halogens is 4. The van der Waals surface area contributed by atoms with Crippen LogP contribution in [0.4, 0.5) is 18.9 Å². The highest BCUT2D eigenvalue weighted by Crippen LogP contribution is 2.37. The van der Waals surface area contributed by atoms with E-state index in [9.17, 15) is 18.0 Å². The van der Waals surface area contributed by atoms with Gasteiger partial charge in [0.2, 0.25) is 5.91 Å². The van der Waals surface area contributed by atoms with Crippen LogP contribution in [0.25, 0.3) is 0 Å². The molecule has 1 unspecified atom stereocenters. The monoisotopic (exact) mass is 429 g/mol. The minimum Gasteiger partial charge on any atom is -0.433 e. The first-order valence-corrected chi connectivity index (χ1v) is 9.76. The summed E-state index contributed by atoms with van der Waals surface area (Å²) < 4.78 is 43.2. The number of hydrogen-bond acceptors (Lipinski definition) is 4. The Bertz CT molecular complexity index is 844. The summed E-state index contributed by atoms with van der Waals surface area (Å²) in [6.07, 6.45) is 3.21. The number of dihydropyridines is 1. The predicted molar refractivity (Wildman–Crippen MR) is 105 cm³/mol. The summed E-state index contributed by atoms with van der Waals surface area (Å²) in [5, 5.41) is 5.42. The molecule has 29 heavy (non-hydrogen) atoms. The first-order chi connectivity index (χ1) is 13.7. The second-order valence-electron chi connectivity index (χ2n) is 7.38. The molecule has 2 aliphatic rings. The number of carbonyl (C=O) groups is 1. The Kier molecular flexibility index (Phi) is 6.74. The molecule has 3 atom stereocenters. The number of rotatable bonds is 4. The second kappa shape index (κ2) is 9.09. The van der Waals surface area contributed by atoms with E-state index in [0.717, 1.165) is 5.57 Å². The minimum absolute atomic E-state index is 0.00787. The molecule has 1 aromatic carbocycles. The van der Waals surface area contributed by atoms with Crippen LogP contribution < -0.4 is 21.1 Å². The SMILES string of the molecule is C[C@@H]1CC(C(=O)Nc2ccc(OC(F)F)c(Cl)c2)C[C@H](N)CC2=C(F)NCC=C21. The summed E-state index contributed by atoms with van der Waals surface area (Å²) in [5.41, 5.74) is 8.05. The Labute approximate surface area is 172 Å². The van der Waals surface area contributed by atoms with E-state index in [-0.39, 0.29) is 40.5 Å². The molecule has 9 heteroatoms. The third-order valence-electron chi connectivity index (χ3n) is 5.20. The van der Waals surface area contributed by atoms with Gasteiger partial charge in [-0.25, -0.2) is 0 Å². The molecule has 0 spiro atoms. The standard InChI is InChI=1S/C20H23ClF3N3O2/c1-10-6-11(7-12(25)8-15-14(10)4-5-26-18(15)22)19(28)27-13-2-3-17(16(21)9-13)29-20(23)24/h2-4,9-12,20,26H,5-8,25H2,1H3,(H,27,28)/t10-,11?,12+/m1/s1. The molecule has 1 saturated carbocycles. The van der Waals surface area contributed by atoms with Crippen LogP contribution in [0.5, 0.6) is 5.75 Å². The first kappa shape index (κ1) is 21.5. The smallest absolute Gasteiger partial charge is 0.387 e. The summed E-state index contributed by atoms with van der Waals surface area (Å²) in [4.78, 5) is 12.8. The molecule has 1 aliphatic carbocycles. The molecule has 3 rings (SSSR count). The van der Waals surface area contributed by atoms with Gasteiger partial charge in [0.15, 0.2) is 5.95 Å². The van der Waals surface area contributed by atoms with Gasteiger partial charge in [-0.15, -0.1) is 0 Å². The number of nitrogens with one attached hydrogen (secondary N) is 2. The second-order valence-corrected chi connectivity index (χ2v) is 7.79. The normalized spacial score (nSPS) is 24.8. The van der Waals surface area contributed by atoms with Gasteiger partial charge in [-0.05, 0) is 49.0 Å². The molecule has 5 nitrogen and oxygen atoms in total. The fraction of sp³-hybridized carbons (Fsp3) is 0.450. The van der Waals surface area contributed by atoms with E-state index in [2.05, 4.69) is 15.4 Å². The van der Waals surface area contributed by atoms with Crippen molar-refractivity contribution in [1.29, 1.82) is 0 Å². The van der Waals surface area contributed by atoms with E-state index >= 15 is 0 Å². The predicted octanol–water partition coefficient (Wildman–Crippen LogP) is 4.35. The van der Waals surface area contributed by atoms with Gasteiger partial charge in [-0.3, -0.25) is 4.79 Å². The van der Waals surface area contributed by atoms with Gasteiger partial charge in [0, 0.05) is 29.8 Å². The maximum atomic E-state index is 14.2. The Morgan fingerprint density at radius 2 is 2.14 bits per heavy atom. The van der Waals surface area contributed by atoms with Crippen LogP contribution in [0.15, 0.2) is 41.4 Å². The van der Waals surface area contributed by atoms with Crippen LogP contribution in [0.2, 0.25) is 5.02 Å². The first-order valence-electron chi connectivity index (χ1n) is 9.38. The topological polar surface area (TPSA) is 76.4 Å². The van der Waals surface area contributed by atoms with Crippen molar-refractivity contribution >= 4 is 23.2 Å². The largest absolute Gasteiger partial charge is 0.433 e. The van der Waals surface area contributed by atoms with Crippen molar-refractivity contribution in [2.45, 2.75) is 38.8 Å². The maximum absolute atomic E-state index is 14.2. The quantitative estimate of drug-likeness (QED) is 0.622. The van der Waals surface area contributed by atoms with Gasteiger partial charge >= 0.3 is 6.61 Å². The van der Waals surface area contributed by atoms with Crippen LogP contribution in [-0.4, -0.2) is 25.1 Å². The van der Waals surface area contributed by atoms with Gasteiger partial charge < -0.3 is 21.1 Å². The molecule has 0 aromatic heterocycles. The van der Waals surface area contributed by atoms with Crippen molar-refractivity contribution in [2.24, 2.45) is 17.6 Å². The molecule has 1 heterocycles. The number of benzene rings is 1. The lowest BCUT2D eigenvalue weighted by atomic mass is 9.77. The highest BCUT2D eigenvalue weighted by atomic mass is 35.5. The van der Waals surface area contributed by atoms with Crippen molar-refractivity contribution in [3.05, 3.63) is 46.4 Å². The Hall–Kier alpha value is -2.19. The molecule has 4 N–H and O–H groups in total. The molecule has 0 radical (unpaired) electrons. The van der Waals surface area contributed by atoms with Crippen molar-refractivity contribution in [3.63, 3.8) is 0 Å². The summed E-state index contributed by atoms with van der Waals surface area (Å²) in [7, 11) is 0. The highest BCUT2D eigenvalue weighted by Gasteiger charge is 2.32. The van der Waals surface area contributed by atoms with Crippen LogP contribution in [-0.2, 0) is 4.79 Å². The van der Waals surface area contributed by atoms with Gasteiger partial charge in [0.05, 0.1) is 5.02 Å². The van der Waals surface area contributed by atoms with E-state index in [1.165, 1.54) is 18.2 Å². The van der Waals surface area contributed by atoms with Gasteiger partial charge in [-0.2, -0.15) is 13.2 Å². The summed E-state index contributed by atoms with van der Waals surface area (Å²) in [5.74, 6) is -1.13. The number of alkyl halides is 2. The molecule has 0 bridgehead atoms. The van der Waals surface area contributed by atoms with E-state index in [1.807, 2.05) is 13.0 Å². The number of carbonyl (C=O) groups excluding carboxylic acids is 1. The zero-order valence-electron chi connectivity index (χ0n) is 15.9. The number of fused-ring (bicyclic) bond motifs is 1. The lowest BCUT2D eigenvalue weighted by Crippen LogP contribution is -2.36. The van der Waals surface area contributed by atoms with E-state index in [4.69, 9.17) is 17.3 Å². The number of amides is 1. The van der Waals surface area contributed by atoms with Crippen molar-refractivity contribution in [3.8, 4) is 5.75 Å². The number of allylic oxidation sites excluding steroid dienone is 1. The number of ether oxygens (including phenoxy) is 1. The fourth-order valence-corrected chi connectivity index (χ4v) is 4.13. The average Bonchev–Trinajstić information content (AvgIpc) is 2.63. The van der Waals surface area contributed by atoms with E-state index in [0.29, 0.717) is 37.1 Å². The van der Waals surface area contributed by atoms with Gasteiger partial charge in [-0.1, -0.05) is 24.6 Å². The molecule has 0 saturated heterocycles. The molecule has 1 aromatic rings. The van der Waals surface area contributed by atoms with Crippen LogP contribution >= 0.6 is 11.6 Å². The zero-order valence-corrected chi connectivity index (χ0v) is 16.6. The lowest BCUT2D eigenvalue weighted by molar-refractivity contribution is -0.120. The van der Waals surface area contributed by atoms with E-state index in [1.54, 1.807) is 0 Å². The fourth-order valence-electron chi connectivity index (χ4n) is 3.90. The van der Waals surface area contributed by atoms with Crippen LogP contribution in [0, 0.1) is 11.8 Å². The third kappa shape index (κ3) is 5.25. The Morgan fingerprint density at radius 3 is 2.83 bits per heavy atom. The average molecular weight is 430 g/mol. The number of hydrogen-bond donors (Lipinski definition) is 3. The van der Waals surface area contributed by atoms with Crippen LogP contribution in [0.1, 0.15) is 26.2 Å². The van der Waals surface area contributed by atoms with Gasteiger partial charge in [0.1, 0.15) is 5.75 Å². The van der Waals surface area contributed by atoms with Crippen molar-refractivity contribution in [1.82, 2.24) is 5.32 Å². The van der Waals surface area contributed by atoms with Crippen molar-refractivity contribution < 1.29 is 22.7 Å². The number of anilines is 1. The zero-order chi connectivity index (χ0) is 21.1. The Balaban J connectivity index is 1.72. The van der Waals surface area contributed by atoms with Crippen molar-refractivity contribution in [2.75, 3.05) is 11.9 Å². The molecule has 158 valence electrons. The maximum Gasteiger partial charge on any atom is 0.387 e. The molecular weight excluding hydrogens is 407 g/mol. The summed E-state index contributed by atoms with van der Waals surface area (Å²) >= 11 is 5.94. The highest BCUT2D eigenvalue weighted by molar-refractivity contribution is 6.32. The molecule has 1 aliphatic heterocycles. The molecule has 1 fully saturated rings. The molecule has 1 amide bonds. The third-order valence-corrected chi connectivity index (χ3v) is 5.50. The lowest BCUT2D eigenvalue weighted by Gasteiger charge is -2.32.